The maximum Gasteiger partial charge on any atom is 0.237 e. The molecule has 1 unspecified atom stereocenters. The molecule has 2 rings (SSSR count). The van der Waals surface area contributed by atoms with Gasteiger partial charge in [-0.1, -0.05) is 0 Å². The van der Waals surface area contributed by atoms with Gasteiger partial charge >= 0.3 is 0 Å². The van der Waals surface area contributed by atoms with E-state index >= 15 is 0 Å². The first-order chi connectivity index (χ1) is 8.70. The summed E-state index contributed by atoms with van der Waals surface area (Å²) in [6, 6.07) is 1.62. The number of amides is 1. The summed E-state index contributed by atoms with van der Waals surface area (Å²) in [6.45, 7) is -0.258. The lowest BCUT2D eigenvalue weighted by Gasteiger charge is -2.18. The smallest absolute Gasteiger partial charge is 0.237 e. The third-order valence-electron chi connectivity index (χ3n) is 2.74. The highest BCUT2D eigenvalue weighted by Gasteiger charge is 2.39. The molecule has 1 aromatic carbocycles. The van der Waals surface area contributed by atoms with Crippen LogP contribution in [0, 0.1) is 11.6 Å². The van der Waals surface area contributed by atoms with Crippen LogP contribution >= 0.6 is 26.6 Å². The van der Waals surface area contributed by atoms with Crippen molar-refractivity contribution in [3.63, 3.8) is 0 Å². The Morgan fingerprint density at radius 2 is 2.00 bits per heavy atom. The van der Waals surface area contributed by atoms with Crippen LogP contribution in [0.2, 0.25) is 0 Å². The van der Waals surface area contributed by atoms with Crippen molar-refractivity contribution in [2.45, 2.75) is 11.7 Å². The third kappa shape index (κ3) is 2.90. The number of hydrogen-bond acceptors (Lipinski definition) is 3. The van der Waals surface area contributed by atoms with E-state index in [1.165, 1.54) is 0 Å². The number of rotatable bonds is 2. The quantitative estimate of drug-likeness (QED) is 0.747. The fraction of sp³-hybridized carbons (Fsp3) is 0.300. The summed E-state index contributed by atoms with van der Waals surface area (Å²) in [5, 5.41) is -1.10. The summed E-state index contributed by atoms with van der Waals surface area (Å²) < 4.78 is 49.1. The standard InChI is InChI=1S/C10H7BrClF2NO3S/c11-7-1-5(13)2-8(14)10(7)15-4-6(3-9(15)16)19(12,17)18/h1-2,6H,3-4H2. The number of carbonyl (C=O) groups excluding carboxylic acids is 1. The summed E-state index contributed by atoms with van der Waals surface area (Å²) in [6.07, 6.45) is -0.324. The second kappa shape index (κ2) is 4.99. The van der Waals surface area contributed by atoms with E-state index in [1.54, 1.807) is 0 Å². The summed E-state index contributed by atoms with van der Waals surface area (Å²) in [7, 11) is 1.28. The topological polar surface area (TPSA) is 54.5 Å². The normalized spacial score (nSPS) is 20.1. The van der Waals surface area contributed by atoms with Gasteiger partial charge in [-0.2, -0.15) is 0 Å². The van der Waals surface area contributed by atoms with E-state index in [2.05, 4.69) is 15.9 Å². The van der Waals surface area contributed by atoms with Crippen LogP contribution in [0.4, 0.5) is 14.5 Å². The Kier molecular flexibility index (Phi) is 3.85. The number of benzene rings is 1. The van der Waals surface area contributed by atoms with Crippen molar-refractivity contribution in [1.82, 2.24) is 0 Å². The molecule has 104 valence electrons. The molecule has 19 heavy (non-hydrogen) atoms. The molecule has 4 nitrogen and oxygen atoms in total. The molecule has 0 N–H and O–H groups in total. The fourth-order valence-corrected chi connectivity index (χ4v) is 3.52. The van der Waals surface area contributed by atoms with Crippen molar-refractivity contribution in [3.8, 4) is 0 Å². The van der Waals surface area contributed by atoms with Crippen LogP contribution < -0.4 is 4.90 Å². The van der Waals surface area contributed by atoms with Gasteiger partial charge in [-0.3, -0.25) is 4.79 Å². The number of hydrogen-bond donors (Lipinski definition) is 0. The van der Waals surface area contributed by atoms with Crippen LogP contribution in [0.5, 0.6) is 0 Å². The van der Waals surface area contributed by atoms with E-state index in [9.17, 15) is 22.0 Å². The fourth-order valence-electron chi connectivity index (χ4n) is 1.87. The zero-order chi connectivity index (χ0) is 14.4. The minimum Gasteiger partial charge on any atom is -0.307 e. The maximum atomic E-state index is 13.7. The van der Waals surface area contributed by atoms with Gasteiger partial charge in [0.1, 0.15) is 11.1 Å². The monoisotopic (exact) mass is 373 g/mol. The highest BCUT2D eigenvalue weighted by molar-refractivity contribution is 9.10. The van der Waals surface area contributed by atoms with Crippen LogP contribution in [0.1, 0.15) is 6.42 Å². The molecule has 0 aliphatic carbocycles. The van der Waals surface area contributed by atoms with E-state index in [0.29, 0.717) is 6.07 Å². The Labute approximate surface area is 120 Å². The van der Waals surface area contributed by atoms with Crippen LogP contribution in [-0.2, 0) is 13.8 Å². The molecule has 0 spiro atoms. The molecule has 0 aromatic heterocycles. The molecule has 0 radical (unpaired) electrons. The number of anilines is 1. The van der Waals surface area contributed by atoms with Crippen molar-refractivity contribution >= 4 is 47.3 Å². The van der Waals surface area contributed by atoms with E-state index in [-0.39, 0.29) is 23.1 Å². The van der Waals surface area contributed by atoms with Crippen LogP contribution in [0.25, 0.3) is 0 Å². The Balaban J connectivity index is 2.42. The Morgan fingerprint density at radius 3 is 2.47 bits per heavy atom. The van der Waals surface area contributed by atoms with Gasteiger partial charge < -0.3 is 4.90 Å². The number of carbonyl (C=O) groups is 1. The van der Waals surface area contributed by atoms with E-state index in [1.807, 2.05) is 0 Å². The highest BCUT2D eigenvalue weighted by atomic mass is 79.9. The van der Waals surface area contributed by atoms with E-state index in [0.717, 1.165) is 11.0 Å². The summed E-state index contributed by atoms with van der Waals surface area (Å²) in [5.74, 6) is -2.34. The van der Waals surface area contributed by atoms with Gasteiger partial charge in [-0.05, 0) is 22.0 Å². The molecule has 1 aliphatic heterocycles. The first-order valence-corrected chi connectivity index (χ1v) is 8.25. The first kappa shape index (κ1) is 14.7. The Hall–Kier alpha value is -0.730. The highest BCUT2D eigenvalue weighted by Crippen LogP contribution is 2.34. The number of nitrogens with zero attached hydrogens (tertiary/aromatic N) is 1. The van der Waals surface area contributed by atoms with E-state index in [4.69, 9.17) is 10.7 Å². The summed E-state index contributed by atoms with van der Waals surface area (Å²) in [5.41, 5.74) is -0.186. The second-order valence-corrected chi connectivity index (χ2v) is 7.79. The summed E-state index contributed by atoms with van der Waals surface area (Å²) in [4.78, 5) is 12.7. The predicted molar refractivity (Wildman–Crippen MR) is 69.6 cm³/mol. The SMILES string of the molecule is O=C1CC(S(=O)(=O)Cl)CN1c1c(F)cc(F)cc1Br. The van der Waals surface area contributed by atoms with Gasteiger partial charge in [0.25, 0.3) is 0 Å². The van der Waals surface area contributed by atoms with Gasteiger partial charge in [0.05, 0.1) is 5.69 Å². The molecule has 1 aliphatic rings. The molecule has 1 atom stereocenters. The second-order valence-electron chi connectivity index (χ2n) is 4.02. The van der Waals surface area contributed by atoms with Gasteiger partial charge in [0.15, 0.2) is 5.82 Å². The minimum absolute atomic E-state index is 0.0333. The van der Waals surface area contributed by atoms with Crippen LogP contribution in [0.3, 0.4) is 0 Å². The largest absolute Gasteiger partial charge is 0.307 e. The minimum atomic E-state index is -3.91. The zero-order valence-corrected chi connectivity index (χ0v) is 12.4. The Bertz CT molecular complexity index is 629. The van der Waals surface area contributed by atoms with Crippen molar-refractivity contribution in [2.75, 3.05) is 11.4 Å². The summed E-state index contributed by atoms with van der Waals surface area (Å²) >= 11 is 2.95. The van der Waals surface area contributed by atoms with Gasteiger partial charge in [-0.15, -0.1) is 0 Å². The van der Waals surface area contributed by atoms with Crippen molar-refractivity contribution in [1.29, 1.82) is 0 Å². The van der Waals surface area contributed by atoms with Gasteiger partial charge in [0.2, 0.25) is 15.0 Å². The lowest BCUT2D eigenvalue weighted by Crippen LogP contribution is -2.28. The molecule has 9 heteroatoms. The maximum absolute atomic E-state index is 13.7. The van der Waals surface area contributed by atoms with Crippen molar-refractivity contribution < 1.29 is 22.0 Å². The van der Waals surface area contributed by atoms with Crippen LogP contribution in [0.15, 0.2) is 16.6 Å². The zero-order valence-electron chi connectivity index (χ0n) is 9.24. The molecule has 1 amide bonds. The van der Waals surface area contributed by atoms with Gasteiger partial charge in [-0.25, -0.2) is 17.2 Å². The van der Waals surface area contributed by atoms with Gasteiger partial charge in [0, 0.05) is 34.2 Å². The van der Waals surface area contributed by atoms with E-state index < -0.39 is 31.8 Å². The molecule has 1 fully saturated rings. The lowest BCUT2D eigenvalue weighted by molar-refractivity contribution is -0.117. The number of halogens is 4. The molecule has 0 bridgehead atoms. The van der Waals surface area contributed by atoms with Crippen molar-refractivity contribution in [3.05, 3.63) is 28.2 Å². The third-order valence-corrected chi connectivity index (χ3v) is 5.21. The molecular formula is C10H7BrClF2NO3S. The predicted octanol–water partition coefficient (Wildman–Crippen LogP) is 2.40. The molecule has 1 heterocycles. The first-order valence-electron chi connectivity index (χ1n) is 5.08. The molecule has 1 aromatic rings. The average Bonchev–Trinajstić information content (AvgIpc) is 2.59. The molecular weight excluding hydrogens is 368 g/mol. The Morgan fingerprint density at radius 1 is 1.37 bits per heavy atom. The lowest BCUT2D eigenvalue weighted by atomic mass is 10.2. The average molecular weight is 375 g/mol. The molecule has 1 saturated heterocycles. The van der Waals surface area contributed by atoms with Crippen LogP contribution in [-0.4, -0.2) is 26.1 Å². The molecule has 0 saturated carbocycles. The van der Waals surface area contributed by atoms with Crippen molar-refractivity contribution in [2.24, 2.45) is 0 Å².